The SMILES string of the molecule is C=NC1N=C(Nc2ccc3c(c2)C(C)(C)OC3=O)N=CC1c1nnc(CCCN2CCN(CC(=O)NCCCCCCCCC)CC2)o1. The Bertz CT molecular complexity index is 1460. The molecule has 1 saturated heterocycles. The highest BCUT2D eigenvalue weighted by atomic mass is 16.6. The van der Waals surface area contributed by atoms with Gasteiger partial charge in [0.1, 0.15) is 11.5 Å². The first-order chi connectivity index (χ1) is 23.3. The van der Waals surface area contributed by atoms with Crippen LogP contribution in [0.2, 0.25) is 0 Å². The topological polar surface area (TPSA) is 150 Å². The van der Waals surface area contributed by atoms with Gasteiger partial charge in [0.25, 0.3) is 0 Å². The summed E-state index contributed by atoms with van der Waals surface area (Å²) in [5.41, 5.74) is 1.40. The van der Waals surface area contributed by atoms with E-state index in [4.69, 9.17) is 9.15 Å². The molecule has 2 atom stereocenters. The number of anilines is 1. The molecule has 2 unspecified atom stereocenters. The number of hydrogen-bond donors (Lipinski definition) is 2. The average Bonchev–Trinajstić information content (AvgIpc) is 3.63. The van der Waals surface area contributed by atoms with Gasteiger partial charge >= 0.3 is 5.97 Å². The van der Waals surface area contributed by atoms with Crippen molar-refractivity contribution in [2.45, 2.75) is 96.2 Å². The monoisotopic (exact) mass is 661 g/mol. The number of aromatic nitrogens is 2. The number of hydrogen-bond acceptors (Lipinski definition) is 12. The van der Waals surface area contributed by atoms with Crippen LogP contribution in [-0.2, 0) is 21.6 Å². The van der Waals surface area contributed by atoms with E-state index >= 15 is 0 Å². The van der Waals surface area contributed by atoms with Crippen molar-refractivity contribution in [3.8, 4) is 0 Å². The lowest BCUT2D eigenvalue weighted by molar-refractivity contribution is -0.122. The summed E-state index contributed by atoms with van der Waals surface area (Å²) in [6.07, 6.45) is 11.4. The van der Waals surface area contributed by atoms with Crippen molar-refractivity contribution in [3.05, 3.63) is 41.1 Å². The smallest absolute Gasteiger partial charge is 0.339 e. The molecule has 0 bridgehead atoms. The molecule has 13 nitrogen and oxygen atoms in total. The molecule has 0 aliphatic carbocycles. The van der Waals surface area contributed by atoms with Gasteiger partial charge in [0.15, 0.2) is 6.17 Å². The molecule has 0 spiro atoms. The van der Waals surface area contributed by atoms with Gasteiger partial charge in [-0.2, -0.15) is 0 Å². The van der Waals surface area contributed by atoms with E-state index in [0.717, 1.165) is 63.4 Å². The Morgan fingerprint density at radius 2 is 1.79 bits per heavy atom. The van der Waals surface area contributed by atoms with E-state index in [0.29, 0.717) is 36.3 Å². The summed E-state index contributed by atoms with van der Waals surface area (Å²) >= 11 is 0. The number of piperazine rings is 1. The maximum atomic E-state index is 12.4. The third-order valence-corrected chi connectivity index (χ3v) is 9.18. The summed E-state index contributed by atoms with van der Waals surface area (Å²) in [4.78, 5) is 42.4. The number of rotatable bonds is 17. The van der Waals surface area contributed by atoms with E-state index in [9.17, 15) is 9.59 Å². The van der Waals surface area contributed by atoms with E-state index < -0.39 is 17.7 Å². The maximum Gasteiger partial charge on any atom is 0.339 e. The van der Waals surface area contributed by atoms with Crippen LogP contribution in [0.15, 0.2) is 37.6 Å². The summed E-state index contributed by atoms with van der Waals surface area (Å²) in [5.74, 6) is 0.743. The van der Waals surface area contributed by atoms with Crippen LogP contribution in [-0.4, -0.2) is 103 Å². The molecule has 2 N–H and O–H groups in total. The zero-order valence-electron chi connectivity index (χ0n) is 28.7. The van der Waals surface area contributed by atoms with Crippen molar-refractivity contribution >= 4 is 36.5 Å². The molecule has 1 fully saturated rings. The van der Waals surface area contributed by atoms with Crippen molar-refractivity contribution in [2.75, 3.05) is 51.1 Å². The minimum Gasteiger partial charge on any atom is -0.451 e. The molecule has 3 aliphatic heterocycles. The fraction of sp³-hybridized carbons (Fsp3) is 0.629. The van der Waals surface area contributed by atoms with Crippen LogP contribution >= 0.6 is 0 Å². The fourth-order valence-corrected chi connectivity index (χ4v) is 6.34. The third kappa shape index (κ3) is 9.56. The molecule has 3 aliphatic rings. The van der Waals surface area contributed by atoms with Gasteiger partial charge in [-0.05, 0) is 58.2 Å². The summed E-state index contributed by atoms with van der Waals surface area (Å²) in [7, 11) is 0. The Kier molecular flexibility index (Phi) is 12.5. The molecule has 1 aromatic heterocycles. The van der Waals surface area contributed by atoms with Crippen LogP contribution in [0.4, 0.5) is 5.69 Å². The van der Waals surface area contributed by atoms with Gasteiger partial charge in [-0.1, -0.05) is 45.4 Å². The number of fused-ring (bicyclic) bond motifs is 1. The second-order valence-corrected chi connectivity index (χ2v) is 13.4. The lowest BCUT2D eigenvalue weighted by Crippen LogP contribution is -2.49. The molecule has 1 aromatic carbocycles. The second kappa shape index (κ2) is 16.9. The zero-order chi connectivity index (χ0) is 33.9. The van der Waals surface area contributed by atoms with Gasteiger partial charge in [-0.15, -0.1) is 10.2 Å². The van der Waals surface area contributed by atoms with Crippen LogP contribution in [0.25, 0.3) is 0 Å². The second-order valence-electron chi connectivity index (χ2n) is 13.4. The lowest BCUT2D eigenvalue weighted by atomic mass is 9.95. The van der Waals surface area contributed by atoms with Gasteiger partial charge in [0, 0.05) is 56.6 Å². The molecule has 0 saturated carbocycles. The predicted octanol–water partition coefficient (Wildman–Crippen LogP) is 4.55. The van der Waals surface area contributed by atoms with E-state index in [-0.39, 0.29) is 11.9 Å². The predicted molar refractivity (Wildman–Crippen MR) is 187 cm³/mol. The van der Waals surface area contributed by atoms with Crippen LogP contribution in [0, 0.1) is 0 Å². The van der Waals surface area contributed by atoms with Crippen molar-refractivity contribution in [1.82, 2.24) is 25.3 Å². The highest BCUT2D eigenvalue weighted by Crippen LogP contribution is 2.37. The van der Waals surface area contributed by atoms with Gasteiger partial charge in [-0.25, -0.2) is 14.8 Å². The number of cyclic esters (lactones) is 1. The van der Waals surface area contributed by atoms with Crippen molar-refractivity contribution in [1.29, 1.82) is 0 Å². The van der Waals surface area contributed by atoms with E-state index in [1.54, 1.807) is 18.3 Å². The number of esters is 1. The Hall–Kier alpha value is -3.97. The standard InChI is InChI=1S/C35H51N9O4/c1-5-6-7-8-9-10-11-16-37-29(45)24-44-20-18-43(19-21-44)17-12-13-30-41-42-32(47-30)27-23-38-34(40-31(27)36-4)39-25-14-15-26-28(22-25)35(2,3)48-33(26)46/h14-15,22-23,27,31H,4-13,16-21,24H2,1-3H3,(H,37,45)(H,39,40). The molecule has 13 heteroatoms. The number of aliphatic imine (C=N–C) groups is 3. The van der Waals surface area contributed by atoms with Crippen LogP contribution in [0.5, 0.6) is 0 Å². The van der Waals surface area contributed by atoms with Crippen molar-refractivity contribution < 1.29 is 18.7 Å². The van der Waals surface area contributed by atoms with Crippen LogP contribution in [0.3, 0.4) is 0 Å². The number of nitrogens with one attached hydrogen (secondary N) is 2. The molecule has 0 radical (unpaired) electrons. The van der Waals surface area contributed by atoms with Gasteiger partial charge in [-0.3, -0.25) is 14.7 Å². The van der Waals surface area contributed by atoms with Crippen molar-refractivity contribution in [2.24, 2.45) is 15.0 Å². The Labute approximate surface area is 283 Å². The van der Waals surface area contributed by atoms with Gasteiger partial charge in [0.05, 0.1) is 12.1 Å². The summed E-state index contributed by atoms with van der Waals surface area (Å²) in [6, 6.07) is 5.42. The summed E-state index contributed by atoms with van der Waals surface area (Å²) in [6.45, 7) is 15.5. The molecular formula is C35H51N9O4. The third-order valence-electron chi connectivity index (χ3n) is 9.18. The number of aryl methyl sites for hydroxylation is 1. The van der Waals surface area contributed by atoms with Crippen molar-refractivity contribution in [3.63, 3.8) is 0 Å². The number of guanidine groups is 1. The number of nitrogens with zero attached hydrogens (tertiary/aromatic N) is 7. The minimum atomic E-state index is -0.700. The quantitative estimate of drug-likeness (QED) is 0.141. The summed E-state index contributed by atoms with van der Waals surface area (Å²) < 4.78 is 11.5. The van der Waals surface area contributed by atoms with Gasteiger partial charge < -0.3 is 24.7 Å². The summed E-state index contributed by atoms with van der Waals surface area (Å²) in [5, 5.41) is 14.8. The van der Waals surface area contributed by atoms with E-state index in [1.807, 2.05) is 19.9 Å². The highest BCUT2D eigenvalue weighted by Gasteiger charge is 2.38. The first kappa shape index (κ1) is 35.3. The molecule has 260 valence electrons. The van der Waals surface area contributed by atoms with Crippen LogP contribution < -0.4 is 10.6 Å². The maximum absolute atomic E-state index is 12.4. The molecule has 4 heterocycles. The fourth-order valence-electron chi connectivity index (χ4n) is 6.34. The first-order valence-corrected chi connectivity index (χ1v) is 17.5. The molecular weight excluding hydrogens is 610 g/mol. The molecule has 2 aromatic rings. The number of carbonyl (C=O) groups is 2. The number of carbonyl (C=O) groups excluding carboxylic acids is 2. The van der Waals surface area contributed by atoms with E-state index in [2.05, 4.69) is 59.2 Å². The Morgan fingerprint density at radius 1 is 1.04 bits per heavy atom. The highest BCUT2D eigenvalue weighted by molar-refractivity contribution is 6.02. The first-order valence-electron chi connectivity index (χ1n) is 17.5. The van der Waals surface area contributed by atoms with Gasteiger partial charge in [0.2, 0.25) is 23.6 Å². The minimum absolute atomic E-state index is 0.133. The normalized spacial score (nSPS) is 20.6. The Balaban J connectivity index is 0.995. The molecule has 1 amide bonds. The largest absolute Gasteiger partial charge is 0.451 e. The molecule has 48 heavy (non-hydrogen) atoms. The number of unbranched alkanes of at least 4 members (excludes halogenated alkanes) is 6. The van der Waals surface area contributed by atoms with Crippen LogP contribution in [0.1, 0.15) is 106 Å². The average molecular weight is 662 g/mol. The zero-order valence-corrected chi connectivity index (χ0v) is 28.7. The number of benzene rings is 1. The Morgan fingerprint density at radius 3 is 2.56 bits per heavy atom. The number of amides is 1. The number of ether oxygens (including phenoxy) is 1. The molecule has 5 rings (SSSR count). The van der Waals surface area contributed by atoms with E-state index in [1.165, 1.54) is 38.5 Å². The lowest BCUT2D eigenvalue weighted by Gasteiger charge is -2.34.